The maximum atomic E-state index is 12.6. The molecule has 0 saturated carbocycles. The molecule has 0 aromatic heterocycles. The predicted molar refractivity (Wildman–Crippen MR) is 110 cm³/mol. The average molecular weight is 406 g/mol. The van der Waals surface area contributed by atoms with E-state index in [9.17, 15) is 19.7 Å². The van der Waals surface area contributed by atoms with Crippen molar-refractivity contribution in [2.45, 2.75) is 13.0 Å². The van der Waals surface area contributed by atoms with Crippen LogP contribution in [0.1, 0.15) is 17.3 Å². The highest BCUT2D eigenvalue weighted by Crippen LogP contribution is 2.26. The molecule has 0 aliphatic heterocycles. The molecule has 0 spiro atoms. The van der Waals surface area contributed by atoms with Crippen LogP contribution in [0.3, 0.4) is 0 Å². The summed E-state index contributed by atoms with van der Waals surface area (Å²) in [5, 5.41) is 13.3. The van der Waals surface area contributed by atoms with Crippen molar-refractivity contribution in [1.82, 2.24) is 0 Å². The Morgan fingerprint density at radius 3 is 2.40 bits per heavy atom. The van der Waals surface area contributed by atoms with Crippen molar-refractivity contribution >= 4 is 23.3 Å². The maximum absolute atomic E-state index is 12.6. The van der Waals surface area contributed by atoms with Gasteiger partial charge in [-0.05, 0) is 37.3 Å². The maximum Gasteiger partial charge on any atom is 0.342 e. The van der Waals surface area contributed by atoms with E-state index < -0.39 is 22.9 Å². The summed E-state index contributed by atoms with van der Waals surface area (Å²) in [6.45, 7) is 1.41. The Labute approximate surface area is 172 Å². The molecule has 0 aliphatic rings. The minimum atomic E-state index is -1.14. The van der Waals surface area contributed by atoms with Gasteiger partial charge in [-0.25, -0.2) is 4.79 Å². The van der Waals surface area contributed by atoms with Gasteiger partial charge in [0.25, 0.3) is 11.6 Å². The van der Waals surface area contributed by atoms with Crippen LogP contribution in [0.25, 0.3) is 0 Å². The van der Waals surface area contributed by atoms with Crippen molar-refractivity contribution in [1.29, 1.82) is 0 Å². The van der Waals surface area contributed by atoms with Crippen LogP contribution in [-0.2, 0) is 9.53 Å². The zero-order chi connectivity index (χ0) is 21.5. The third kappa shape index (κ3) is 5.20. The lowest BCUT2D eigenvalue weighted by molar-refractivity contribution is -0.384. The lowest BCUT2D eigenvalue weighted by atomic mass is 10.2. The number of non-ortho nitro benzene ring substituents is 1. The molecule has 0 fully saturated rings. The molecule has 0 heterocycles. The van der Waals surface area contributed by atoms with Gasteiger partial charge in [0.1, 0.15) is 17.1 Å². The molecule has 1 amide bonds. The number of hydrogen-bond acceptors (Lipinski definition) is 6. The van der Waals surface area contributed by atoms with Crippen LogP contribution in [0.5, 0.6) is 11.5 Å². The summed E-state index contributed by atoms with van der Waals surface area (Å²) in [7, 11) is 0. The van der Waals surface area contributed by atoms with Crippen LogP contribution in [0.2, 0.25) is 0 Å². The fraction of sp³-hybridized carbons (Fsp3) is 0.0909. The summed E-state index contributed by atoms with van der Waals surface area (Å²) in [6, 6.07) is 20.9. The molecule has 0 unspecified atom stereocenters. The Bertz CT molecular complexity index is 1070. The first-order valence-electron chi connectivity index (χ1n) is 9.02. The third-order valence-corrected chi connectivity index (χ3v) is 4.06. The van der Waals surface area contributed by atoms with Gasteiger partial charge in [-0.15, -0.1) is 0 Å². The number of amides is 1. The van der Waals surface area contributed by atoms with Crippen molar-refractivity contribution in [2.75, 3.05) is 5.32 Å². The highest BCUT2D eigenvalue weighted by atomic mass is 16.6. The Balaban J connectivity index is 1.68. The molecule has 8 heteroatoms. The number of para-hydroxylation sites is 2. The molecule has 0 bridgehead atoms. The summed E-state index contributed by atoms with van der Waals surface area (Å²) in [5.74, 6) is -0.511. The van der Waals surface area contributed by atoms with Crippen LogP contribution in [0.4, 0.5) is 11.4 Å². The van der Waals surface area contributed by atoms with E-state index in [2.05, 4.69) is 5.32 Å². The zero-order valence-corrected chi connectivity index (χ0v) is 16.0. The molecule has 0 aliphatic carbocycles. The monoisotopic (exact) mass is 406 g/mol. The zero-order valence-electron chi connectivity index (χ0n) is 16.0. The quantitative estimate of drug-likeness (QED) is 0.350. The van der Waals surface area contributed by atoms with Crippen molar-refractivity contribution in [3.63, 3.8) is 0 Å². The largest absolute Gasteiger partial charge is 0.456 e. The number of nitro groups is 1. The van der Waals surface area contributed by atoms with E-state index in [0.29, 0.717) is 11.5 Å². The number of anilines is 1. The molecule has 0 saturated heterocycles. The number of benzene rings is 3. The van der Waals surface area contributed by atoms with Crippen LogP contribution < -0.4 is 10.1 Å². The normalized spacial score (nSPS) is 11.2. The molecule has 3 aromatic carbocycles. The third-order valence-electron chi connectivity index (χ3n) is 4.06. The number of esters is 1. The van der Waals surface area contributed by atoms with E-state index in [1.165, 1.54) is 37.3 Å². The Kier molecular flexibility index (Phi) is 6.39. The molecule has 3 aromatic rings. The summed E-state index contributed by atoms with van der Waals surface area (Å²) < 4.78 is 11.0. The van der Waals surface area contributed by atoms with Gasteiger partial charge in [-0.3, -0.25) is 14.9 Å². The molecule has 1 atom stereocenters. The lowest BCUT2D eigenvalue weighted by Gasteiger charge is -2.15. The van der Waals surface area contributed by atoms with Crippen molar-refractivity contribution in [2.24, 2.45) is 0 Å². The minimum absolute atomic E-state index is 0.163. The molecular formula is C22H18N2O6. The highest BCUT2D eigenvalue weighted by molar-refractivity contribution is 5.98. The Morgan fingerprint density at radius 2 is 1.67 bits per heavy atom. The van der Waals surface area contributed by atoms with Gasteiger partial charge >= 0.3 is 5.97 Å². The molecule has 1 N–H and O–H groups in total. The number of nitrogens with zero attached hydrogens (tertiary/aromatic N) is 1. The number of carbonyl (C=O) groups excluding carboxylic acids is 2. The van der Waals surface area contributed by atoms with Crippen molar-refractivity contribution in [3.8, 4) is 11.5 Å². The van der Waals surface area contributed by atoms with Gasteiger partial charge < -0.3 is 14.8 Å². The van der Waals surface area contributed by atoms with Crippen LogP contribution in [-0.4, -0.2) is 22.9 Å². The topological polar surface area (TPSA) is 108 Å². The van der Waals surface area contributed by atoms with Crippen molar-refractivity contribution in [3.05, 3.63) is 94.5 Å². The SMILES string of the molecule is C[C@H](OC(=O)c1ccccc1Oc1ccccc1)C(=O)Nc1cccc([N+](=O)[O-])c1. The predicted octanol–water partition coefficient (Wildman–Crippen LogP) is 4.57. The molecular weight excluding hydrogens is 388 g/mol. The first kappa shape index (κ1) is 20.5. The molecule has 8 nitrogen and oxygen atoms in total. The second-order valence-corrected chi connectivity index (χ2v) is 6.26. The number of rotatable bonds is 7. The number of ether oxygens (including phenoxy) is 2. The Morgan fingerprint density at radius 1 is 0.967 bits per heavy atom. The van der Waals surface area contributed by atoms with Gasteiger partial charge in [0.15, 0.2) is 6.10 Å². The van der Waals surface area contributed by atoms with Gasteiger partial charge in [0.2, 0.25) is 0 Å². The average Bonchev–Trinajstić information content (AvgIpc) is 2.75. The molecule has 0 radical (unpaired) electrons. The van der Waals surface area contributed by atoms with Gasteiger partial charge in [0.05, 0.1) is 4.92 Å². The molecule has 152 valence electrons. The smallest absolute Gasteiger partial charge is 0.342 e. The lowest BCUT2D eigenvalue weighted by Crippen LogP contribution is -2.30. The summed E-state index contributed by atoms with van der Waals surface area (Å²) >= 11 is 0. The van der Waals surface area contributed by atoms with E-state index >= 15 is 0 Å². The summed E-state index contributed by atoms with van der Waals surface area (Å²) in [4.78, 5) is 35.2. The fourth-order valence-electron chi connectivity index (χ4n) is 2.56. The number of carbonyl (C=O) groups is 2. The molecule has 3 rings (SSSR count). The van der Waals surface area contributed by atoms with E-state index in [0.717, 1.165) is 0 Å². The molecule has 30 heavy (non-hydrogen) atoms. The summed E-state index contributed by atoms with van der Waals surface area (Å²) in [6.07, 6.45) is -1.14. The first-order chi connectivity index (χ1) is 14.4. The van der Waals surface area contributed by atoms with Crippen molar-refractivity contribution < 1.29 is 24.0 Å². The van der Waals surface area contributed by atoms with E-state index in [1.54, 1.807) is 42.5 Å². The second-order valence-electron chi connectivity index (χ2n) is 6.26. The van der Waals surface area contributed by atoms with Crippen LogP contribution >= 0.6 is 0 Å². The van der Waals surface area contributed by atoms with E-state index in [1.807, 2.05) is 6.07 Å². The van der Waals surface area contributed by atoms with Crippen LogP contribution in [0, 0.1) is 10.1 Å². The standard InChI is InChI=1S/C22H18N2O6/c1-15(21(25)23-16-8-7-9-17(14-16)24(27)28)29-22(26)19-12-5-6-13-20(19)30-18-10-3-2-4-11-18/h2-15H,1H3,(H,23,25)/t15-/m0/s1. The second kappa shape index (κ2) is 9.33. The highest BCUT2D eigenvalue weighted by Gasteiger charge is 2.22. The number of nitro benzene ring substituents is 1. The van der Waals surface area contributed by atoms with Gasteiger partial charge in [-0.2, -0.15) is 0 Å². The van der Waals surface area contributed by atoms with E-state index in [4.69, 9.17) is 9.47 Å². The number of hydrogen-bond donors (Lipinski definition) is 1. The fourth-order valence-corrected chi connectivity index (χ4v) is 2.56. The summed E-state index contributed by atoms with van der Waals surface area (Å²) in [5.41, 5.74) is 0.227. The number of nitrogens with one attached hydrogen (secondary N) is 1. The first-order valence-corrected chi connectivity index (χ1v) is 9.02. The Hall–Kier alpha value is -4.20. The van der Waals surface area contributed by atoms with E-state index in [-0.39, 0.29) is 16.9 Å². The van der Waals surface area contributed by atoms with Gasteiger partial charge in [0, 0.05) is 17.8 Å². The minimum Gasteiger partial charge on any atom is -0.456 e. The van der Waals surface area contributed by atoms with Gasteiger partial charge in [-0.1, -0.05) is 36.4 Å². The van der Waals surface area contributed by atoms with Crippen LogP contribution in [0.15, 0.2) is 78.9 Å².